The maximum Gasteiger partial charge on any atom is 0.286 e. The number of aryl methyl sites for hydroxylation is 2. The molecule has 1 amide bonds. The fraction of sp³-hybridized carbons (Fsp3) is 0.318. The molecule has 1 saturated heterocycles. The van der Waals surface area contributed by atoms with E-state index >= 15 is 0 Å². The molecule has 1 fully saturated rings. The van der Waals surface area contributed by atoms with Crippen LogP contribution in [0.4, 0.5) is 5.69 Å². The SMILES string of the molecule is Cc1cccc(S(=O)(=O)N2CCC[C@H](c3nnc(C(=O)Nc4ccccc4C)s3)C2)c1. The fourth-order valence-electron chi connectivity index (χ4n) is 3.67. The number of anilines is 1. The molecule has 9 heteroatoms. The predicted octanol–water partition coefficient (Wildman–Crippen LogP) is 3.98. The summed E-state index contributed by atoms with van der Waals surface area (Å²) in [6.07, 6.45) is 1.55. The molecule has 3 aromatic rings. The maximum atomic E-state index is 13.1. The van der Waals surface area contributed by atoms with Gasteiger partial charge in [-0.25, -0.2) is 8.42 Å². The van der Waals surface area contributed by atoms with Crippen molar-refractivity contribution >= 4 is 33.0 Å². The number of rotatable bonds is 5. The van der Waals surface area contributed by atoms with Crippen LogP contribution < -0.4 is 5.32 Å². The van der Waals surface area contributed by atoms with E-state index in [9.17, 15) is 13.2 Å². The van der Waals surface area contributed by atoms with Crippen molar-refractivity contribution in [3.05, 3.63) is 69.7 Å². The number of nitrogens with one attached hydrogen (secondary N) is 1. The highest BCUT2D eigenvalue weighted by atomic mass is 32.2. The van der Waals surface area contributed by atoms with Gasteiger partial charge < -0.3 is 5.32 Å². The first-order valence-electron chi connectivity index (χ1n) is 10.1. The van der Waals surface area contributed by atoms with Gasteiger partial charge in [-0.05, 0) is 56.0 Å². The topological polar surface area (TPSA) is 92.3 Å². The number of carbonyl (C=O) groups excluding carboxylic acids is 1. The van der Waals surface area contributed by atoms with Crippen LogP contribution in [0.1, 0.15) is 44.7 Å². The standard InChI is InChI=1S/C22H24N4O3S2/c1-15-7-5-10-18(13-15)31(28,29)26-12-6-9-17(14-26)21-24-25-22(30-21)20(27)23-19-11-4-3-8-16(19)2/h3-5,7-8,10-11,13,17H,6,9,12,14H2,1-2H3,(H,23,27)/t17-/m0/s1. The molecule has 0 bridgehead atoms. The Labute approximate surface area is 186 Å². The number of aromatic nitrogens is 2. The molecule has 0 saturated carbocycles. The summed E-state index contributed by atoms with van der Waals surface area (Å²) >= 11 is 1.23. The van der Waals surface area contributed by atoms with Gasteiger partial charge in [0.1, 0.15) is 5.01 Å². The van der Waals surface area contributed by atoms with Crippen LogP contribution in [0, 0.1) is 13.8 Å². The van der Waals surface area contributed by atoms with Crippen molar-refractivity contribution in [1.82, 2.24) is 14.5 Å². The molecule has 1 aliphatic rings. The number of piperidine rings is 1. The highest BCUT2D eigenvalue weighted by Crippen LogP contribution is 2.32. The van der Waals surface area contributed by atoms with Crippen LogP contribution in [0.25, 0.3) is 0 Å². The molecule has 0 spiro atoms. The van der Waals surface area contributed by atoms with Crippen LogP contribution in [0.15, 0.2) is 53.4 Å². The van der Waals surface area contributed by atoms with E-state index in [2.05, 4.69) is 15.5 Å². The van der Waals surface area contributed by atoms with Crippen LogP contribution >= 0.6 is 11.3 Å². The highest BCUT2D eigenvalue weighted by Gasteiger charge is 2.32. The Balaban J connectivity index is 1.49. The number of benzene rings is 2. The van der Waals surface area contributed by atoms with Gasteiger partial charge in [0.15, 0.2) is 0 Å². The van der Waals surface area contributed by atoms with E-state index in [-0.39, 0.29) is 16.8 Å². The molecule has 0 aliphatic carbocycles. The van der Waals surface area contributed by atoms with Crippen LogP contribution in [0.2, 0.25) is 0 Å². The lowest BCUT2D eigenvalue weighted by molar-refractivity contribution is 0.102. The molecule has 31 heavy (non-hydrogen) atoms. The minimum absolute atomic E-state index is 0.0779. The van der Waals surface area contributed by atoms with E-state index in [1.807, 2.05) is 44.2 Å². The predicted molar refractivity (Wildman–Crippen MR) is 121 cm³/mol. The zero-order valence-corrected chi connectivity index (χ0v) is 19.0. The van der Waals surface area contributed by atoms with Crippen LogP contribution in [-0.2, 0) is 10.0 Å². The van der Waals surface area contributed by atoms with Gasteiger partial charge in [0, 0.05) is 24.7 Å². The van der Waals surface area contributed by atoms with E-state index in [0.29, 0.717) is 23.0 Å². The first-order chi connectivity index (χ1) is 14.8. The zero-order chi connectivity index (χ0) is 22.0. The summed E-state index contributed by atoms with van der Waals surface area (Å²) in [5.41, 5.74) is 2.60. The Bertz CT molecular complexity index is 1210. The van der Waals surface area contributed by atoms with Crippen molar-refractivity contribution < 1.29 is 13.2 Å². The van der Waals surface area contributed by atoms with Gasteiger partial charge in [-0.1, -0.05) is 41.7 Å². The first-order valence-corrected chi connectivity index (χ1v) is 12.4. The van der Waals surface area contributed by atoms with Gasteiger partial charge in [-0.3, -0.25) is 4.79 Å². The highest BCUT2D eigenvalue weighted by molar-refractivity contribution is 7.89. The summed E-state index contributed by atoms with van der Waals surface area (Å²) in [6.45, 7) is 4.62. The molecule has 1 atom stereocenters. The molecule has 1 aliphatic heterocycles. The molecule has 0 unspecified atom stereocenters. The summed E-state index contributed by atoms with van der Waals surface area (Å²) in [4.78, 5) is 12.9. The molecular formula is C22H24N4O3S2. The maximum absolute atomic E-state index is 13.1. The second kappa shape index (κ2) is 8.86. The number of carbonyl (C=O) groups is 1. The first kappa shape index (κ1) is 21.6. The molecule has 1 N–H and O–H groups in total. The molecule has 0 radical (unpaired) electrons. The quantitative estimate of drug-likeness (QED) is 0.627. The summed E-state index contributed by atoms with van der Waals surface area (Å²) in [7, 11) is -3.57. The minimum Gasteiger partial charge on any atom is -0.320 e. The van der Waals surface area contributed by atoms with Gasteiger partial charge >= 0.3 is 0 Å². The minimum atomic E-state index is -3.57. The van der Waals surface area contributed by atoms with Crippen molar-refractivity contribution in [2.75, 3.05) is 18.4 Å². The van der Waals surface area contributed by atoms with Crippen molar-refractivity contribution in [3.63, 3.8) is 0 Å². The molecule has 2 aromatic carbocycles. The number of hydrogen-bond donors (Lipinski definition) is 1. The van der Waals surface area contributed by atoms with E-state index in [1.165, 1.54) is 15.6 Å². The average Bonchev–Trinajstić information content (AvgIpc) is 3.26. The summed E-state index contributed by atoms with van der Waals surface area (Å²) in [5.74, 6) is -0.385. The molecular weight excluding hydrogens is 432 g/mol. The molecule has 1 aromatic heterocycles. The third-order valence-corrected chi connectivity index (χ3v) is 8.33. The molecule has 2 heterocycles. The van der Waals surface area contributed by atoms with E-state index in [1.54, 1.807) is 18.2 Å². The van der Waals surface area contributed by atoms with Gasteiger partial charge in [-0.2, -0.15) is 4.31 Å². The Morgan fingerprint density at radius 2 is 1.94 bits per heavy atom. The lowest BCUT2D eigenvalue weighted by Gasteiger charge is -2.30. The third-order valence-electron chi connectivity index (χ3n) is 5.39. The van der Waals surface area contributed by atoms with Crippen molar-refractivity contribution in [3.8, 4) is 0 Å². The number of amides is 1. The monoisotopic (exact) mass is 456 g/mol. The second-order valence-electron chi connectivity index (χ2n) is 7.73. The van der Waals surface area contributed by atoms with E-state index in [4.69, 9.17) is 0 Å². The van der Waals surface area contributed by atoms with Gasteiger partial charge in [-0.15, -0.1) is 10.2 Å². The average molecular weight is 457 g/mol. The van der Waals surface area contributed by atoms with E-state index < -0.39 is 10.0 Å². The Kier molecular flexibility index (Phi) is 6.17. The Morgan fingerprint density at radius 1 is 1.13 bits per heavy atom. The lowest BCUT2D eigenvalue weighted by atomic mass is 10.0. The lowest BCUT2D eigenvalue weighted by Crippen LogP contribution is -2.39. The number of para-hydroxylation sites is 1. The molecule has 4 rings (SSSR count). The summed E-state index contributed by atoms with van der Waals surface area (Å²) in [6, 6.07) is 14.5. The number of nitrogens with zero attached hydrogens (tertiary/aromatic N) is 3. The van der Waals surface area contributed by atoms with Crippen LogP contribution in [-0.4, -0.2) is 41.9 Å². The van der Waals surface area contributed by atoms with E-state index in [0.717, 1.165) is 29.7 Å². The van der Waals surface area contributed by atoms with Gasteiger partial charge in [0.25, 0.3) is 5.91 Å². The van der Waals surface area contributed by atoms with Gasteiger partial charge in [0.2, 0.25) is 15.0 Å². The smallest absolute Gasteiger partial charge is 0.286 e. The van der Waals surface area contributed by atoms with Crippen molar-refractivity contribution in [2.45, 2.75) is 37.5 Å². The summed E-state index contributed by atoms with van der Waals surface area (Å²) in [5, 5.41) is 12.1. The van der Waals surface area contributed by atoms with Gasteiger partial charge in [0.05, 0.1) is 4.90 Å². The largest absolute Gasteiger partial charge is 0.320 e. The van der Waals surface area contributed by atoms with Crippen LogP contribution in [0.3, 0.4) is 0 Å². The normalized spacial score (nSPS) is 17.4. The third kappa shape index (κ3) is 4.68. The Hall–Kier alpha value is -2.62. The van der Waals surface area contributed by atoms with Crippen LogP contribution in [0.5, 0.6) is 0 Å². The fourth-order valence-corrected chi connectivity index (χ4v) is 6.16. The summed E-state index contributed by atoms with van der Waals surface area (Å²) < 4.78 is 27.7. The second-order valence-corrected chi connectivity index (χ2v) is 10.7. The molecule has 162 valence electrons. The number of hydrogen-bond acceptors (Lipinski definition) is 6. The zero-order valence-electron chi connectivity index (χ0n) is 17.4. The molecule has 7 nitrogen and oxygen atoms in total. The Morgan fingerprint density at radius 3 is 2.71 bits per heavy atom. The van der Waals surface area contributed by atoms with Crippen molar-refractivity contribution in [2.24, 2.45) is 0 Å². The number of sulfonamides is 1. The van der Waals surface area contributed by atoms with Crippen molar-refractivity contribution in [1.29, 1.82) is 0 Å².